The molecule has 8 rings (SSSR count). The van der Waals surface area contributed by atoms with Gasteiger partial charge in [0.2, 0.25) is 11.8 Å². The number of anilines is 1. The molecular formula is C35H37ClFN7O2. The minimum atomic E-state index is -0.848. The van der Waals surface area contributed by atoms with Gasteiger partial charge in [0.25, 0.3) is 0 Å². The highest BCUT2D eigenvalue weighted by atomic mass is 35.5. The van der Waals surface area contributed by atoms with Gasteiger partial charge in [-0.1, -0.05) is 24.2 Å². The second kappa shape index (κ2) is 10.8. The molecule has 46 heavy (non-hydrogen) atoms. The normalized spacial score (nSPS) is 20.7. The lowest BCUT2D eigenvalue weighted by Crippen LogP contribution is -2.63. The summed E-state index contributed by atoms with van der Waals surface area (Å²) in [6.07, 6.45) is 5.52. The number of amides is 2. The number of carbonyl (C=O) groups is 2. The SMILES string of the molecule is C=CC(=O)N1CC2(CC(n3nc(-c4ccc5c(c4)CCN5C(=O)CN4CCC(F)C4)c(-c4c(Cl)c(C)cc5[nH]ncc45)c3C)C2)C1. The van der Waals surface area contributed by atoms with Crippen LogP contribution in [0.1, 0.15) is 42.1 Å². The van der Waals surface area contributed by atoms with Crippen LogP contribution in [0.3, 0.4) is 0 Å². The Hall–Kier alpha value is -4.02. The summed E-state index contributed by atoms with van der Waals surface area (Å²) in [5, 5.41) is 14.4. The summed E-state index contributed by atoms with van der Waals surface area (Å²) in [7, 11) is 0. The summed E-state index contributed by atoms with van der Waals surface area (Å²) in [5.74, 6) is 0.00650. The van der Waals surface area contributed by atoms with Crippen molar-refractivity contribution in [2.45, 2.75) is 51.7 Å². The van der Waals surface area contributed by atoms with Crippen LogP contribution in [-0.4, -0.2) is 87.0 Å². The third-order valence-electron chi connectivity index (χ3n) is 10.6. The first-order valence-electron chi connectivity index (χ1n) is 16.1. The molecule has 9 nitrogen and oxygen atoms in total. The minimum Gasteiger partial charge on any atom is -0.338 e. The van der Waals surface area contributed by atoms with E-state index in [9.17, 15) is 14.0 Å². The first-order chi connectivity index (χ1) is 22.1. The second-order valence-corrected chi connectivity index (χ2v) is 14.1. The van der Waals surface area contributed by atoms with Gasteiger partial charge >= 0.3 is 0 Å². The van der Waals surface area contributed by atoms with Crippen LogP contribution in [-0.2, 0) is 16.0 Å². The van der Waals surface area contributed by atoms with Gasteiger partial charge in [-0.15, -0.1) is 0 Å². The molecule has 2 saturated heterocycles. The van der Waals surface area contributed by atoms with Crippen molar-refractivity contribution in [2.24, 2.45) is 5.41 Å². The molecular weight excluding hydrogens is 605 g/mol. The number of nitrogens with zero attached hydrogens (tertiary/aromatic N) is 6. The van der Waals surface area contributed by atoms with E-state index in [1.807, 2.05) is 40.0 Å². The zero-order valence-electron chi connectivity index (χ0n) is 26.2. The van der Waals surface area contributed by atoms with Gasteiger partial charge in [-0.3, -0.25) is 24.3 Å². The fraction of sp³-hybridized carbons (Fsp3) is 0.429. The molecule has 2 aromatic heterocycles. The number of carbonyl (C=O) groups excluding carboxylic acids is 2. The maximum absolute atomic E-state index is 13.7. The first kappa shape index (κ1) is 29.4. The maximum atomic E-state index is 13.7. The Bertz CT molecular complexity index is 1920. The van der Waals surface area contributed by atoms with E-state index in [1.165, 1.54) is 6.08 Å². The zero-order chi connectivity index (χ0) is 31.9. The predicted octanol–water partition coefficient (Wildman–Crippen LogP) is 5.65. The molecule has 4 aromatic rings. The standard InChI is InChI=1S/C35H37ClFN7O2/c1-4-29(45)42-18-35(19-42)13-25(14-35)44-21(3)31(32-26-15-38-39-27(26)11-20(2)33(32)36)34(40-44)23-5-6-28-22(12-23)7-10-43(28)30(46)17-41-9-8-24(37)16-41/h4-6,11-12,15,24-25H,1,7-10,13-14,16-19H2,2-3H3,(H,38,39). The number of benzene rings is 2. The van der Waals surface area contributed by atoms with Crippen molar-refractivity contribution in [1.29, 1.82) is 0 Å². The Balaban J connectivity index is 1.16. The first-order valence-corrected chi connectivity index (χ1v) is 16.5. The van der Waals surface area contributed by atoms with Crippen LogP contribution in [0.15, 0.2) is 43.1 Å². The molecule has 3 fully saturated rings. The van der Waals surface area contributed by atoms with Gasteiger partial charge in [-0.25, -0.2) is 4.39 Å². The molecule has 1 unspecified atom stereocenters. The van der Waals surface area contributed by atoms with E-state index >= 15 is 0 Å². The molecule has 2 aromatic carbocycles. The van der Waals surface area contributed by atoms with E-state index in [-0.39, 0.29) is 29.8 Å². The van der Waals surface area contributed by atoms with Crippen LogP contribution in [0.5, 0.6) is 0 Å². The summed E-state index contributed by atoms with van der Waals surface area (Å²) >= 11 is 7.10. The lowest BCUT2D eigenvalue weighted by Gasteiger charge is -2.58. The molecule has 1 aliphatic carbocycles. The van der Waals surface area contributed by atoms with E-state index in [4.69, 9.17) is 16.7 Å². The van der Waals surface area contributed by atoms with Crippen LogP contribution < -0.4 is 4.90 Å². The third kappa shape index (κ3) is 4.59. The lowest BCUT2D eigenvalue weighted by atomic mass is 9.60. The number of fused-ring (bicyclic) bond motifs is 2. The van der Waals surface area contributed by atoms with Crippen LogP contribution >= 0.6 is 11.6 Å². The molecule has 11 heteroatoms. The van der Waals surface area contributed by atoms with Gasteiger partial charge in [-0.05, 0) is 74.9 Å². The number of hydrogen-bond acceptors (Lipinski definition) is 5. The highest BCUT2D eigenvalue weighted by Crippen LogP contribution is 2.55. The average molecular weight is 642 g/mol. The number of alkyl halides is 1. The van der Waals surface area contributed by atoms with Crippen molar-refractivity contribution < 1.29 is 14.0 Å². The largest absolute Gasteiger partial charge is 0.338 e. The number of aromatic amines is 1. The van der Waals surface area contributed by atoms with Crippen molar-refractivity contribution in [3.63, 3.8) is 0 Å². The van der Waals surface area contributed by atoms with Crippen molar-refractivity contribution in [3.05, 3.63) is 65.0 Å². The van der Waals surface area contributed by atoms with Crippen molar-refractivity contribution >= 4 is 40.0 Å². The Morgan fingerprint density at radius 1 is 1.17 bits per heavy atom. The summed E-state index contributed by atoms with van der Waals surface area (Å²) < 4.78 is 15.9. The van der Waals surface area contributed by atoms with Crippen LogP contribution in [0.2, 0.25) is 5.02 Å². The number of likely N-dealkylation sites (tertiary alicyclic amines) is 2. The predicted molar refractivity (Wildman–Crippen MR) is 177 cm³/mol. The number of aromatic nitrogens is 4. The molecule has 0 bridgehead atoms. The smallest absolute Gasteiger partial charge is 0.245 e. The van der Waals surface area contributed by atoms with Crippen molar-refractivity contribution in [3.8, 4) is 22.4 Å². The molecule has 1 N–H and O–H groups in total. The highest BCUT2D eigenvalue weighted by Gasteiger charge is 2.54. The third-order valence-corrected chi connectivity index (χ3v) is 11.1. The van der Waals surface area contributed by atoms with Crippen molar-refractivity contribution in [1.82, 2.24) is 29.8 Å². The number of nitrogens with one attached hydrogen (secondary N) is 1. The van der Waals surface area contributed by atoms with Gasteiger partial charge in [0, 0.05) is 71.6 Å². The molecule has 238 valence electrons. The molecule has 3 aliphatic heterocycles. The molecule has 1 spiro atoms. The maximum Gasteiger partial charge on any atom is 0.245 e. The Morgan fingerprint density at radius 2 is 1.98 bits per heavy atom. The van der Waals surface area contributed by atoms with Gasteiger partial charge in [0.1, 0.15) is 11.9 Å². The van der Waals surface area contributed by atoms with Gasteiger partial charge in [0.15, 0.2) is 0 Å². The quantitative estimate of drug-likeness (QED) is 0.275. The average Bonchev–Trinajstić information content (AvgIpc) is 3.79. The van der Waals surface area contributed by atoms with E-state index < -0.39 is 6.17 Å². The Labute approximate surface area is 272 Å². The van der Waals surface area contributed by atoms with Gasteiger partial charge in [-0.2, -0.15) is 10.2 Å². The Morgan fingerprint density at radius 3 is 2.72 bits per heavy atom. The minimum absolute atomic E-state index is 0.00606. The van der Waals surface area contributed by atoms with E-state index in [0.717, 1.165) is 88.1 Å². The molecule has 4 aliphatic rings. The monoisotopic (exact) mass is 641 g/mol. The summed E-state index contributed by atoms with van der Waals surface area (Å²) in [4.78, 5) is 31.0. The highest BCUT2D eigenvalue weighted by molar-refractivity contribution is 6.36. The zero-order valence-corrected chi connectivity index (χ0v) is 26.9. The molecule has 5 heterocycles. The summed E-state index contributed by atoms with van der Waals surface area (Å²) in [6, 6.07) is 8.48. The summed E-state index contributed by atoms with van der Waals surface area (Å²) in [5.41, 5.74) is 8.79. The van der Waals surface area contributed by atoms with E-state index in [2.05, 4.69) is 40.5 Å². The number of halogens is 2. The summed E-state index contributed by atoms with van der Waals surface area (Å²) in [6.45, 7) is 11.1. The number of H-pyrrole nitrogens is 1. The van der Waals surface area contributed by atoms with Crippen LogP contribution in [0.4, 0.5) is 10.1 Å². The van der Waals surface area contributed by atoms with E-state index in [1.54, 1.807) is 0 Å². The van der Waals surface area contributed by atoms with Crippen molar-refractivity contribution in [2.75, 3.05) is 44.2 Å². The van der Waals surface area contributed by atoms with Crippen LogP contribution in [0, 0.1) is 19.3 Å². The molecule has 0 radical (unpaired) electrons. The van der Waals surface area contributed by atoms with Crippen LogP contribution in [0.25, 0.3) is 33.3 Å². The van der Waals surface area contributed by atoms with E-state index in [0.29, 0.717) is 31.1 Å². The topological polar surface area (TPSA) is 90.4 Å². The number of rotatable bonds is 6. The fourth-order valence-corrected chi connectivity index (χ4v) is 8.50. The number of aryl methyl sites for hydroxylation is 1. The van der Waals surface area contributed by atoms with Gasteiger partial charge < -0.3 is 9.80 Å². The second-order valence-electron chi connectivity index (χ2n) is 13.7. The Kier molecular flexibility index (Phi) is 6.88. The van der Waals surface area contributed by atoms with Gasteiger partial charge in [0.05, 0.1) is 29.3 Å². The number of hydrogen-bond donors (Lipinski definition) is 1. The molecule has 1 saturated carbocycles. The molecule has 2 amide bonds. The fourth-order valence-electron chi connectivity index (χ4n) is 8.25. The molecule has 1 atom stereocenters. The lowest BCUT2D eigenvalue weighted by molar-refractivity contribution is -0.149.